The molecule has 0 fully saturated rings. The first-order chi connectivity index (χ1) is 15.8. The number of nitrogens with one attached hydrogen (secondary N) is 2. The van der Waals surface area contributed by atoms with Crippen molar-refractivity contribution in [2.45, 2.75) is 37.2 Å². The summed E-state index contributed by atoms with van der Waals surface area (Å²) in [5.41, 5.74) is 2.38. The number of carbonyl (C=O) groups is 2. The molecule has 0 radical (unpaired) electrons. The second-order valence-corrected chi connectivity index (χ2v) is 9.74. The van der Waals surface area contributed by atoms with Crippen molar-refractivity contribution in [1.29, 1.82) is 0 Å². The minimum atomic E-state index is -3.88. The van der Waals surface area contributed by atoms with E-state index in [-0.39, 0.29) is 36.2 Å². The van der Waals surface area contributed by atoms with E-state index in [1.807, 2.05) is 24.3 Å². The van der Waals surface area contributed by atoms with Crippen LogP contribution in [0.4, 0.5) is 5.69 Å². The Hall–Kier alpha value is -3.43. The highest BCUT2D eigenvalue weighted by Crippen LogP contribution is 2.36. The molecule has 0 spiro atoms. The van der Waals surface area contributed by atoms with Gasteiger partial charge in [-0.25, -0.2) is 8.42 Å². The van der Waals surface area contributed by atoms with Gasteiger partial charge in [-0.15, -0.1) is 0 Å². The number of carbonyl (C=O) groups excluding carboxylic acids is 2. The molecule has 0 bridgehead atoms. The number of nitrogens with zero attached hydrogens (tertiary/aromatic N) is 1. The van der Waals surface area contributed by atoms with Crippen molar-refractivity contribution in [1.82, 2.24) is 9.62 Å². The third kappa shape index (κ3) is 5.15. The molecule has 2 N–H and O–H groups in total. The van der Waals surface area contributed by atoms with Crippen LogP contribution in [0.1, 0.15) is 36.3 Å². The van der Waals surface area contributed by atoms with E-state index in [9.17, 15) is 18.0 Å². The first kappa shape index (κ1) is 22.8. The average Bonchev–Trinajstić information content (AvgIpc) is 3.31. The van der Waals surface area contributed by atoms with Crippen LogP contribution in [0.15, 0.2) is 76.2 Å². The van der Waals surface area contributed by atoms with Gasteiger partial charge in [0, 0.05) is 25.6 Å². The molecule has 0 saturated heterocycles. The van der Waals surface area contributed by atoms with Gasteiger partial charge in [0.05, 0.1) is 23.7 Å². The van der Waals surface area contributed by atoms with Crippen LogP contribution in [0, 0.1) is 0 Å². The van der Waals surface area contributed by atoms with E-state index in [4.69, 9.17) is 4.42 Å². The van der Waals surface area contributed by atoms with Crippen molar-refractivity contribution >= 4 is 27.5 Å². The summed E-state index contributed by atoms with van der Waals surface area (Å²) in [5, 5.41) is 5.43. The van der Waals surface area contributed by atoms with Gasteiger partial charge >= 0.3 is 0 Å². The van der Waals surface area contributed by atoms with Gasteiger partial charge in [0.1, 0.15) is 5.76 Å². The van der Waals surface area contributed by atoms with Crippen LogP contribution >= 0.6 is 0 Å². The predicted molar refractivity (Wildman–Crippen MR) is 123 cm³/mol. The molecular weight excluding hydrogens is 442 g/mol. The summed E-state index contributed by atoms with van der Waals surface area (Å²) >= 11 is 0. The van der Waals surface area contributed by atoms with Crippen molar-refractivity contribution < 1.29 is 22.4 Å². The highest BCUT2D eigenvalue weighted by atomic mass is 32.2. The molecule has 1 atom stereocenters. The summed E-state index contributed by atoms with van der Waals surface area (Å²) in [7, 11) is -3.88. The molecule has 1 aliphatic heterocycles. The fourth-order valence-corrected chi connectivity index (χ4v) is 5.63. The number of sulfonamides is 1. The minimum Gasteiger partial charge on any atom is -0.467 e. The topological polar surface area (TPSA) is 109 Å². The van der Waals surface area contributed by atoms with E-state index in [0.29, 0.717) is 17.9 Å². The van der Waals surface area contributed by atoms with Crippen LogP contribution in [0.5, 0.6) is 0 Å². The maximum absolute atomic E-state index is 13.6. The van der Waals surface area contributed by atoms with Crippen LogP contribution in [0.3, 0.4) is 0 Å². The Kier molecular flexibility index (Phi) is 6.62. The Balaban J connectivity index is 1.59. The van der Waals surface area contributed by atoms with Gasteiger partial charge < -0.3 is 15.1 Å². The van der Waals surface area contributed by atoms with Gasteiger partial charge in [0.2, 0.25) is 21.8 Å². The third-order valence-electron chi connectivity index (χ3n) is 5.56. The number of anilines is 1. The first-order valence-electron chi connectivity index (χ1n) is 10.6. The van der Waals surface area contributed by atoms with Gasteiger partial charge in [-0.1, -0.05) is 24.3 Å². The smallest absolute Gasteiger partial charge is 0.243 e. The Labute approximate surface area is 192 Å². The molecule has 1 aromatic heterocycles. The molecule has 0 unspecified atom stereocenters. The second-order valence-electron chi connectivity index (χ2n) is 7.85. The molecule has 1 aliphatic rings. The molecule has 9 heteroatoms. The molecule has 8 nitrogen and oxygen atoms in total. The SMILES string of the molecule is CC(=O)Nc1ccc(S(=O)(=O)N2CCc3ccccc3[C@H]2CC(=O)NCc2ccco2)cc1. The quantitative estimate of drug-likeness (QED) is 0.555. The normalized spacial score (nSPS) is 16.1. The molecule has 33 heavy (non-hydrogen) atoms. The fraction of sp³-hybridized carbons (Fsp3) is 0.250. The molecule has 172 valence electrons. The summed E-state index contributed by atoms with van der Waals surface area (Å²) in [6.45, 7) is 1.89. The van der Waals surface area contributed by atoms with Crippen LogP contribution in [-0.2, 0) is 32.6 Å². The molecular formula is C24H25N3O5S. The summed E-state index contributed by atoms with van der Waals surface area (Å²) in [6.07, 6.45) is 2.08. The summed E-state index contributed by atoms with van der Waals surface area (Å²) in [5.74, 6) is 0.115. The number of fused-ring (bicyclic) bond motifs is 1. The lowest BCUT2D eigenvalue weighted by Gasteiger charge is -2.36. The zero-order chi connectivity index (χ0) is 23.4. The van der Waals surface area contributed by atoms with Crippen molar-refractivity contribution in [3.05, 3.63) is 83.8 Å². The number of furan rings is 1. The zero-order valence-corrected chi connectivity index (χ0v) is 19.0. The fourth-order valence-electron chi connectivity index (χ4n) is 4.02. The van der Waals surface area contributed by atoms with Gasteiger partial charge in [-0.3, -0.25) is 9.59 Å². The molecule has 0 saturated carbocycles. The predicted octanol–water partition coefficient (Wildman–Crippen LogP) is 3.23. The first-order valence-corrected chi connectivity index (χ1v) is 12.0. The number of rotatable bonds is 7. The van der Waals surface area contributed by atoms with Gasteiger partial charge in [-0.05, 0) is 53.9 Å². The monoisotopic (exact) mass is 467 g/mol. The third-order valence-corrected chi connectivity index (χ3v) is 7.49. The van der Waals surface area contributed by atoms with E-state index in [1.165, 1.54) is 29.6 Å². The second kappa shape index (κ2) is 9.60. The van der Waals surface area contributed by atoms with Gasteiger partial charge in [0.25, 0.3) is 0 Å². The maximum atomic E-state index is 13.6. The standard InChI is InChI=1S/C24H25N3O5S/c1-17(28)26-19-8-10-21(11-9-19)33(30,31)27-13-12-18-5-2-3-7-22(18)23(27)15-24(29)25-16-20-6-4-14-32-20/h2-11,14,23H,12-13,15-16H2,1H3,(H,25,29)(H,26,28)/t23-/m1/s1. The van der Waals surface area contributed by atoms with Gasteiger partial charge in [-0.2, -0.15) is 4.31 Å². The van der Waals surface area contributed by atoms with Gasteiger partial charge in [0.15, 0.2) is 0 Å². The zero-order valence-electron chi connectivity index (χ0n) is 18.2. The molecule has 3 aromatic rings. The number of amides is 2. The lowest BCUT2D eigenvalue weighted by molar-refractivity contribution is -0.122. The van der Waals surface area contributed by atoms with E-state index in [2.05, 4.69) is 10.6 Å². The summed E-state index contributed by atoms with van der Waals surface area (Å²) in [4.78, 5) is 24.1. The van der Waals surface area contributed by atoms with E-state index >= 15 is 0 Å². The Morgan fingerprint density at radius 2 is 1.82 bits per heavy atom. The number of hydrogen-bond acceptors (Lipinski definition) is 5. The van der Waals surface area contributed by atoms with E-state index in [1.54, 1.807) is 24.3 Å². The highest BCUT2D eigenvalue weighted by molar-refractivity contribution is 7.89. The largest absolute Gasteiger partial charge is 0.467 e. The van der Waals surface area contributed by atoms with E-state index < -0.39 is 16.1 Å². The Morgan fingerprint density at radius 3 is 2.52 bits per heavy atom. The molecule has 4 rings (SSSR count). The lowest BCUT2D eigenvalue weighted by atomic mass is 9.92. The van der Waals surface area contributed by atoms with Crippen LogP contribution in [0.25, 0.3) is 0 Å². The minimum absolute atomic E-state index is 0.0130. The molecule has 2 heterocycles. The van der Waals surface area contributed by atoms with Crippen LogP contribution in [-0.4, -0.2) is 31.1 Å². The van der Waals surface area contributed by atoms with Crippen molar-refractivity contribution in [3.8, 4) is 0 Å². The van der Waals surface area contributed by atoms with Crippen LogP contribution < -0.4 is 10.6 Å². The average molecular weight is 468 g/mol. The summed E-state index contributed by atoms with van der Waals surface area (Å²) in [6, 6.07) is 16.5. The van der Waals surface area contributed by atoms with Crippen molar-refractivity contribution in [2.24, 2.45) is 0 Å². The van der Waals surface area contributed by atoms with Crippen molar-refractivity contribution in [3.63, 3.8) is 0 Å². The maximum Gasteiger partial charge on any atom is 0.243 e. The highest BCUT2D eigenvalue weighted by Gasteiger charge is 2.37. The Bertz CT molecular complexity index is 1240. The van der Waals surface area contributed by atoms with Crippen LogP contribution in [0.2, 0.25) is 0 Å². The van der Waals surface area contributed by atoms with Crippen molar-refractivity contribution in [2.75, 3.05) is 11.9 Å². The lowest BCUT2D eigenvalue weighted by Crippen LogP contribution is -2.42. The Morgan fingerprint density at radius 1 is 1.06 bits per heavy atom. The summed E-state index contributed by atoms with van der Waals surface area (Å²) < 4.78 is 33.8. The number of hydrogen-bond donors (Lipinski definition) is 2. The molecule has 2 aromatic carbocycles. The molecule has 0 aliphatic carbocycles. The molecule has 2 amide bonds. The van der Waals surface area contributed by atoms with E-state index in [0.717, 1.165) is 11.1 Å². The number of benzene rings is 2.